The van der Waals surface area contributed by atoms with E-state index in [1.165, 1.54) is 0 Å². The Kier molecular flexibility index (Phi) is 10.7. The Hall–Kier alpha value is -3.25. The molecule has 2 saturated heterocycles. The number of piperidine rings is 1. The summed E-state index contributed by atoms with van der Waals surface area (Å²) in [7, 11) is 2.13. The van der Waals surface area contributed by atoms with Crippen LogP contribution >= 0.6 is 0 Å². The zero-order valence-electron chi connectivity index (χ0n) is 24.8. The van der Waals surface area contributed by atoms with Crippen LogP contribution in [0.5, 0.6) is 23.0 Å². The maximum atomic E-state index is 14.0. The summed E-state index contributed by atoms with van der Waals surface area (Å²) in [6, 6.07) is 12.1. The van der Waals surface area contributed by atoms with Gasteiger partial charge in [-0.25, -0.2) is 0 Å². The lowest BCUT2D eigenvalue weighted by molar-refractivity contribution is -0.114. The predicted octanol–water partition coefficient (Wildman–Crippen LogP) is 7.35. The van der Waals surface area contributed by atoms with Crippen molar-refractivity contribution in [3.8, 4) is 23.0 Å². The Morgan fingerprint density at radius 3 is 1.55 bits per heavy atom. The summed E-state index contributed by atoms with van der Waals surface area (Å²) in [5.41, 5.74) is 3.54. The third-order valence-corrected chi connectivity index (χ3v) is 7.63. The lowest BCUT2D eigenvalue weighted by Crippen LogP contribution is -2.43. The van der Waals surface area contributed by atoms with Crippen molar-refractivity contribution in [3.05, 3.63) is 58.7 Å². The highest BCUT2D eigenvalue weighted by Crippen LogP contribution is 2.41. The number of unbranched alkanes of at least 4 members (excludes halogenated alkanes) is 2. The van der Waals surface area contributed by atoms with Crippen LogP contribution in [0, 0.1) is 0 Å². The van der Waals surface area contributed by atoms with E-state index in [4.69, 9.17) is 18.9 Å². The second-order valence-electron chi connectivity index (χ2n) is 10.5. The first-order chi connectivity index (χ1) is 19.5. The maximum Gasteiger partial charge on any atom is 0.188 e. The smallest absolute Gasteiger partial charge is 0.188 e. The molecule has 216 valence electrons. The number of hydrogen-bond acceptors (Lipinski definition) is 6. The second kappa shape index (κ2) is 14.4. The standard InChI is InChI=1S/C34H45NO5/c1-6-10-18-39-30-16-12-24(22-32(30)37-8-3)20-26-28-14-15-29(35(28)5)27(34(26)36)21-25-13-17-31(40-19-11-7-2)33(23-25)38-9-4/h12-13,16-17,20-23,28-29H,6-11,14-15,18-19H2,1-5H3/b26-20+,27-21+. The molecule has 0 amide bonds. The Balaban J connectivity index is 1.64. The van der Waals surface area contributed by atoms with Crippen molar-refractivity contribution in [3.63, 3.8) is 0 Å². The third-order valence-electron chi connectivity index (χ3n) is 7.63. The molecule has 6 heteroatoms. The maximum absolute atomic E-state index is 14.0. The third kappa shape index (κ3) is 6.90. The SMILES string of the molecule is CCCCOc1ccc(/C=C2/C(=O)/C(=C/c3ccc(OCCCC)c(OCC)c3)C3CCC2N3C)cc1OCC. The zero-order valence-corrected chi connectivity index (χ0v) is 24.8. The van der Waals surface area contributed by atoms with Gasteiger partial charge in [0.2, 0.25) is 0 Å². The fourth-order valence-electron chi connectivity index (χ4n) is 5.50. The minimum absolute atomic E-state index is 0.110. The molecule has 6 nitrogen and oxygen atoms in total. The van der Waals surface area contributed by atoms with Crippen LogP contribution in [0.25, 0.3) is 12.2 Å². The minimum Gasteiger partial charge on any atom is -0.490 e. The van der Waals surface area contributed by atoms with Gasteiger partial charge in [0.25, 0.3) is 0 Å². The Morgan fingerprint density at radius 1 is 0.700 bits per heavy atom. The molecule has 40 heavy (non-hydrogen) atoms. The largest absolute Gasteiger partial charge is 0.490 e. The molecule has 2 unspecified atom stereocenters. The molecule has 2 aliphatic heterocycles. The number of likely N-dealkylation sites (N-methyl/N-ethyl adjacent to an activating group) is 1. The van der Waals surface area contributed by atoms with Gasteiger partial charge in [-0.1, -0.05) is 38.8 Å². The van der Waals surface area contributed by atoms with Gasteiger partial charge in [0.05, 0.1) is 26.4 Å². The monoisotopic (exact) mass is 547 g/mol. The van der Waals surface area contributed by atoms with Crippen molar-refractivity contribution < 1.29 is 23.7 Å². The summed E-state index contributed by atoms with van der Waals surface area (Å²) in [6.07, 6.45) is 10.1. The fourth-order valence-corrected chi connectivity index (χ4v) is 5.50. The van der Waals surface area contributed by atoms with Crippen molar-refractivity contribution in [1.82, 2.24) is 4.90 Å². The lowest BCUT2D eigenvalue weighted by atomic mass is 9.88. The van der Waals surface area contributed by atoms with Crippen LogP contribution in [0.2, 0.25) is 0 Å². The summed E-state index contributed by atoms with van der Waals surface area (Å²) in [6.45, 7) is 10.7. The van der Waals surface area contributed by atoms with Crippen molar-refractivity contribution in [2.75, 3.05) is 33.5 Å². The zero-order chi connectivity index (χ0) is 28.5. The van der Waals surface area contributed by atoms with Crippen molar-refractivity contribution in [2.45, 2.75) is 78.3 Å². The molecule has 0 aromatic heterocycles. The van der Waals surface area contributed by atoms with E-state index in [-0.39, 0.29) is 17.9 Å². The number of Topliss-reactive ketones (excluding diaryl/α,β-unsaturated/α-hetero) is 1. The molecule has 2 aromatic rings. The van der Waals surface area contributed by atoms with Crippen LogP contribution in [-0.4, -0.2) is 56.2 Å². The van der Waals surface area contributed by atoms with E-state index in [2.05, 4.69) is 25.8 Å². The topological polar surface area (TPSA) is 57.2 Å². The number of rotatable bonds is 14. The average molecular weight is 548 g/mol. The van der Waals surface area contributed by atoms with E-state index in [9.17, 15) is 4.79 Å². The molecule has 0 aliphatic carbocycles. The summed E-state index contributed by atoms with van der Waals surface area (Å²) in [5, 5.41) is 0. The molecule has 2 aromatic carbocycles. The van der Waals surface area contributed by atoms with Crippen molar-refractivity contribution in [2.24, 2.45) is 0 Å². The lowest BCUT2D eigenvalue weighted by Gasteiger charge is -2.34. The summed E-state index contributed by atoms with van der Waals surface area (Å²) < 4.78 is 23.7. The van der Waals surface area contributed by atoms with Crippen molar-refractivity contribution in [1.29, 1.82) is 0 Å². The fraction of sp³-hybridized carbons (Fsp3) is 0.500. The highest BCUT2D eigenvalue weighted by molar-refractivity contribution is 6.16. The molecule has 0 radical (unpaired) electrons. The van der Waals surface area contributed by atoms with Gasteiger partial charge in [0.15, 0.2) is 28.8 Å². The van der Waals surface area contributed by atoms with Crippen LogP contribution in [-0.2, 0) is 4.79 Å². The number of fused-ring (bicyclic) bond motifs is 2. The summed E-state index contributed by atoms with van der Waals surface area (Å²) in [5.74, 6) is 3.05. The molecule has 0 N–H and O–H groups in total. The molecule has 2 aliphatic rings. The van der Waals surface area contributed by atoms with Gasteiger partial charge in [0.1, 0.15) is 0 Å². The van der Waals surface area contributed by atoms with Crippen LogP contribution < -0.4 is 18.9 Å². The van der Waals surface area contributed by atoms with Crippen LogP contribution in [0.3, 0.4) is 0 Å². The Morgan fingerprint density at radius 2 is 1.15 bits per heavy atom. The second-order valence-corrected chi connectivity index (χ2v) is 10.5. The van der Waals surface area contributed by atoms with Gasteiger partial charge in [-0.15, -0.1) is 0 Å². The van der Waals surface area contributed by atoms with E-state index >= 15 is 0 Å². The number of ketones is 1. The average Bonchev–Trinajstić information content (AvgIpc) is 3.26. The molecule has 0 spiro atoms. The molecule has 2 atom stereocenters. The summed E-state index contributed by atoms with van der Waals surface area (Å²) >= 11 is 0. The minimum atomic E-state index is 0.110. The van der Waals surface area contributed by atoms with E-state index in [0.29, 0.717) is 37.9 Å². The van der Waals surface area contributed by atoms with E-state index in [1.807, 2.05) is 62.4 Å². The Bertz CT molecular complexity index is 1130. The van der Waals surface area contributed by atoms with Gasteiger partial charge < -0.3 is 18.9 Å². The quantitative estimate of drug-likeness (QED) is 0.182. The van der Waals surface area contributed by atoms with Gasteiger partial charge >= 0.3 is 0 Å². The number of nitrogens with zero attached hydrogens (tertiary/aromatic N) is 1. The molecular formula is C34H45NO5. The van der Waals surface area contributed by atoms with E-state index in [0.717, 1.165) is 72.3 Å². The van der Waals surface area contributed by atoms with E-state index < -0.39 is 0 Å². The Labute approximate surface area is 240 Å². The molecule has 4 rings (SSSR count). The van der Waals surface area contributed by atoms with Crippen LogP contribution in [0.4, 0.5) is 0 Å². The van der Waals surface area contributed by atoms with Gasteiger partial charge in [-0.3, -0.25) is 9.69 Å². The number of ether oxygens (including phenoxy) is 4. The molecule has 2 bridgehead atoms. The molecule has 2 heterocycles. The molecule has 2 fully saturated rings. The highest BCUT2D eigenvalue weighted by atomic mass is 16.5. The molecular weight excluding hydrogens is 502 g/mol. The van der Waals surface area contributed by atoms with Crippen LogP contribution in [0.15, 0.2) is 47.5 Å². The molecule has 0 saturated carbocycles. The number of carbonyl (C=O) groups excluding carboxylic acids is 1. The highest BCUT2D eigenvalue weighted by Gasteiger charge is 2.44. The first kappa shape index (κ1) is 29.7. The van der Waals surface area contributed by atoms with Crippen LogP contribution in [0.1, 0.15) is 77.3 Å². The predicted molar refractivity (Wildman–Crippen MR) is 162 cm³/mol. The van der Waals surface area contributed by atoms with E-state index in [1.54, 1.807) is 0 Å². The first-order valence-corrected chi connectivity index (χ1v) is 15.0. The number of hydrogen-bond donors (Lipinski definition) is 0. The summed E-state index contributed by atoms with van der Waals surface area (Å²) in [4.78, 5) is 16.3. The van der Waals surface area contributed by atoms with Gasteiger partial charge in [0, 0.05) is 23.2 Å². The number of carbonyl (C=O) groups is 1. The van der Waals surface area contributed by atoms with Gasteiger partial charge in [-0.2, -0.15) is 0 Å². The first-order valence-electron chi connectivity index (χ1n) is 15.0. The van der Waals surface area contributed by atoms with Gasteiger partial charge in [-0.05, 0) is 94.1 Å². The number of benzene rings is 2. The van der Waals surface area contributed by atoms with Crippen molar-refractivity contribution >= 4 is 17.9 Å². The normalized spacial score (nSPS) is 20.8.